The average Bonchev–Trinajstić information content (AvgIpc) is 2.34. The molecule has 0 bridgehead atoms. The lowest BCUT2D eigenvalue weighted by molar-refractivity contribution is 0.167. The number of hydrazine groups is 1. The summed E-state index contributed by atoms with van der Waals surface area (Å²) in [6, 6.07) is 3.63. The van der Waals surface area contributed by atoms with Crippen LogP contribution in [0.4, 0.5) is 0 Å². The van der Waals surface area contributed by atoms with E-state index in [2.05, 4.69) is 32.4 Å². The van der Waals surface area contributed by atoms with E-state index in [1.807, 2.05) is 12.1 Å². The Morgan fingerprint density at radius 1 is 1.56 bits per heavy atom. The second-order valence-electron chi connectivity index (χ2n) is 3.57. The minimum atomic E-state index is -0.184. The summed E-state index contributed by atoms with van der Waals surface area (Å²) in [5.41, 5.74) is 3.59. The van der Waals surface area contributed by atoms with Crippen molar-refractivity contribution in [2.24, 2.45) is 5.84 Å². The summed E-state index contributed by atoms with van der Waals surface area (Å²) in [7, 11) is 0. The zero-order valence-electron chi connectivity index (χ0n) is 8.82. The fraction of sp³-hybridized carbons (Fsp3) is 0.364. The van der Waals surface area contributed by atoms with Gasteiger partial charge in [-0.1, -0.05) is 0 Å². The number of hydrogen-bond acceptors (Lipinski definition) is 4. The molecule has 86 valence electrons. The molecule has 5 heteroatoms. The molecule has 2 heterocycles. The molecule has 16 heavy (non-hydrogen) atoms. The molecule has 0 amide bonds. The van der Waals surface area contributed by atoms with Crippen LogP contribution in [-0.2, 0) is 4.74 Å². The zero-order chi connectivity index (χ0) is 11.4. The van der Waals surface area contributed by atoms with Crippen LogP contribution in [-0.4, -0.2) is 11.6 Å². The van der Waals surface area contributed by atoms with E-state index >= 15 is 0 Å². The Kier molecular flexibility index (Phi) is 3.93. The van der Waals surface area contributed by atoms with E-state index in [1.54, 1.807) is 6.20 Å². The lowest BCUT2D eigenvalue weighted by Gasteiger charge is -2.23. The summed E-state index contributed by atoms with van der Waals surface area (Å²) < 4.78 is 6.52. The highest BCUT2D eigenvalue weighted by Gasteiger charge is 2.21. The van der Waals surface area contributed by atoms with E-state index in [0.717, 1.165) is 35.4 Å². The molecule has 1 aliphatic rings. The van der Waals surface area contributed by atoms with Crippen molar-refractivity contribution in [1.82, 2.24) is 10.4 Å². The Morgan fingerprint density at radius 3 is 3.06 bits per heavy atom. The average molecular weight is 284 g/mol. The third kappa shape index (κ3) is 2.42. The van der Waals surface area contributed by atoms with E-state index in [-0.39, 0.29) is 6.04 Å². The van der Waals surface area contributed by atoms with Crippen LogP contribution in [0.15, 0.2) is 34.6 Å². The first-order valence-corrected chi connectivity index (χ1v) is 6.01. The van der Waals surface area contributed by atoms with Crippen LogP contribution in [0, 0.1) is 0 Å². The Hall–Kier alpha value is -0.910. The Labute approximate surface area is 103 Å². The highest BCUT2D eigenvalue weighted by atomic mass is 79.9. The van der Waals surface area contributed by atoms with Crippen LogP contribution in [0.1, 0.15) is 24.6 Å². The summed E-state index contributed by atoms with van der Waals surface area (Å²) in [6.07, 6.45) is 5.89. The molecule has 0 spiro atoms. The van der Waals surface area contributed by atoms with Gasteiger partial charge >= 0.3 is 0 Å². The van der Waals surface area contributed by atoms with Gasteiger partial charge in [-0.3, -0.25) is 10.8 Å². The maximum absolute atomic E-state index is 5.60. The normalized spacial score (nSPS) is 17.5. The predicted molar refractivity (Wildman–Crippen MR) is 65.3 cm³/mol. The largest absolute Gasteiger partial charge is 0.496 e. The van der Waals surface area contributed by atoms with Gasteiger partial charge in [0.15, 0.2) is 0 Å². The van der Waals surface area contributed by atoms with Crippen LogP contribution in [0.5, 0.6) is 0 Å². The molecule has 0 saturated heterocycles. The highest BCUT2D eigenvalue weighted by Crippen LogP contribution is 2.28. The molecule has 3 N–H and O–H groups in total. The number of nitrogens with two attached hydrogens (primary N) is 1. The number of allylic oxidation sites excluding steroid dienone is 1. The summed E-state index contributed by atoms with van der Waals surface area (Å²) in [4.78, 5) is 4.31. The Morgan fingerprint density at radius 2 is 2.44 bits per heavy atom. The number of nitrogens with zero attached hydrogens (tertiary/aromatic N) is 1. The first kappa shape index (κ1) is 11.6. The zero-order valence-corrected chi connectivity index (χ0v) is 10.4. The lowest BCUT2D eigenvalue weighted by Crippen LogP contribution is -2.32. The number of pyridine rings is 1. The highest BCUT2D eigenvalue weighted by molar-refractivity contribution is 9.10. The third-order valence-electron chi connectivity index (χ3n) is 2.47. The standard InChI is InChI=1S/C11H14BrN3O/c12-8-4-3-6-14-10(8)11(15-13)9-5-1-2-7-16-9/h3-6,11,15H,1-2,7,13H2. The molecule has 0 aliphatic carbocycles. The molecule has 2 rings (SSSR count). The molecular formula is C11H14BrN3O. The summed E-state index contributed by atoms with van der Waals surface area (Å²) >= 11 is 3.46. The summed E-state index contributed by atoms with van der Waals surface area (Å²) in [5.74, 6) is 6.43. The van der Waals surface area contributed by atoms with Crippen molar-refractivity contribution in [3.63, 3.8) is 0 Å². The topological polar surface area (TPSA) is 60.2 Å². The molecule has 0 radical (unpaired) electrons. The van der Waals surface area contributed by atoms with Crippen LogP contribution < -0.4 is 11.3 Å². The van der Waals surface area contributed by atoms with Crippen molar-refractivity contribution in [2.45, 2.75) is 18.9 Å². The van der Waals surface area contributed by atoms with E-state index in [4.69, 9.17) is 10.6 Å². The molecule has 0 aromatic carbocycles. The van der Waals surface area contributed by atoms with Crippen molar-refractivity contribution in [3.05, 3.63) is 40.3 Å². The van der Waals surface area contributed by atoms with Crippen molar-refractivity contribution in [3.8, 4) is 0 Å². The van der Waals surface area contributed by atoms with E-state index in [1.165, 1.54) is 0 Å². The SMILES string of the molecule is NNC(C1=CCCCO1)c1ncccc1Br. The molecule has 1 aliphatic heterocycles. The minimum Gasteiger partial charge on any atom is -0.496 e. The second-order valence-corrected chi connectivity index (χ2v) is 4.42. The monoisotopic (exact) mass is 283 g/mol. The molecule has 0 saturated carbocycles. The van der Waals surface area contributed by atoms with Crippen molar-refractivity contribution in [2.75, 3.05) is 6.61 Å². The first-order chi connectivity index (χ1) is 7.83. The summed E-state index contributed by atoms with van der Waals surface area (Å²) in [5, 5.41) is 0. The summed E-state index contributed by atoms with van der Waals surface area (Å²) in [6.45, 7) is 0.745. The molecular weight excluding hydrogens is 270 g/mol. The van der Waals surface area contributed by atoms with Crippen LogP contribution >= 0.6 is 15.9 Å². The fourth-order valence-electron chi connectivity index (χ4n) is 1.68. The van der Waals surface area contributed by atoms with Gasteiger partial charge in [-0.25, -0.2) is 5.43 Å². The number of nitrogens with one attached hydrogen (secondary N) is 1. The van der Waals surface area contributed by atoms with Gasteiger partial charge in [-0.05, 0) is 47.0 Å². The first-order valence-electron chi connectivity index (χ1n) is 5.22. The van der Waals surface area contributed by atoms with Crippen molar-refractivity contribution in [1.29, 1.82) is 0 Å². The Balaban J connectivity index is 2.28. The molecule has 1 aromatic rings. The maximum atomic E-state index is 5.60. The lowest BCUT2D eigenvalue weighted by atomic mass is 10.1. The van der Waals surface area contributed by atoms with Gasteiger partial charge < -0.3 is 4.74 Å². The van der Waals surface area contributed by atoms with Crippen molar-refractivity contribution >= 4 is 15.9 Å². The smallest absolute Gasteiger partial charge is 0.121 e. The number of rotatable bonds is 3. The Bertz CT molecular complexity index is 395. The number of ether oxygens (including phenoxy) is 1. The van der Waals surface area contributed by atoms with E-state index < -0.39 is 0 Å². The van der Waals surface area contributed by atoms with E-state index in [0.29, 0.717) is 0 Å². The quantitative estimate of drug-likeness (QED) is 0.658. The third-order valence-corrected chi connectivity index (χ3v) is 3.14. The second kappa shape index (κ2) is 5.43. The van der Waals surface area contributed by atoms with Gasteiger partial charge in [0.05, 0.1) is 12.3 Å². The number of hydrogen-bond donors (Lipinski definition) is 2. The molecule has 1 unspecified atom stereocenters. The predicted octanol–water partition coefficient (Wildman–Crippen LogP) is 2.04. The molecule has 1 atom stereocenters. The molecule has 4 nitrogen and oxygen atoms in total. The van der Waals surface area contributed by atoms with Gasteiger partial charge in [0.1, 0.15) is 11.8 Å². The minimum absolute atomic E-state index is 0.184. The number of aromatic nitrogens is 1. The van der Waals surface area contributed by atoms with Gasteiger partial charge in [-0.2, -0.15) is 0 Å². The van der Waals surface area contributed by atoms with Gasteiger partial charge in [0, 0.05) is 10.7 Å². The van der Waals surface area contributed by atoms with E-state index in [9.17, 15) is 0 Å². The van der Waals surface area contributed by atoms with Crippen LogP contribution in [0.3, 0.4) is 0 Å². The van der Waals surface area contributed by atoms with Crippen LogP contribution in [0.25, 0.3) is 0 Å². The van der Waals surface area contributed by atoms with Gasteiger partial charge in [0.25, 0.3) is 0 Å². The fourth-order valence-corrected chi connectivity index (χ4v) is 2.17. The number of halogens is 1. The van der Waals surface area contributed by atoms with Crippen LogP contribution in [0.2, 0.25) is 0 Å². The molecule has 0 fully saturated rings. The maximum Gasteiger partial charge on any atom is 0.121 e. The molecule has 1 aromatic heterocycles. The van der Waals surface area contributed by atoms with Gasteiger partial charge in [0.2, 0.25) is 0 Å². The van der Waals surface area contributed by atoms with Crippen molar-refractivity contribution < 1.29 is 4.74 Å². The van der Waals surface area contributed by atoms with Gasteiger partial charge in [-0.15, -0.1) is 0 Å².